The number of nitrogens with zero attached hydrogens (tertiary/aromatic N) is 3. The molecule has 5 nitrogen and oxygen atoms in total. The van der Waals surface area contributed by atoms with Crippen LogP contribution < -0.4 is 4.90 Å². The first kappa shape index (κ1) is 21.4. The van der Waals surface area contributed by atoms with Gasteiger partial charge in [0.15, 0.2) is 0 Å². The highest BCUT2D eigenvalue weighted by Gasteiger charge is 2.40. The summed E-state index contributed by atoms with van der Waals surface area (Å²) in [6, 6.07) is 9.04. The van der Waals surface area contributed by atoms with Gasteiger partial charge < -0.3 is 19.8 Å². The predicted molar refractivity (Wildman–Crippen MR) is 118 cm³/mol. The molecule has 6 heteroatoms. The average Bonchev–Trinajstić information content (AvgIpc) is 3.09. The van der Waals surface area contributed by atoms with Crippen LogP contribution in [0, 0.1) is 17.3 Å². The Balaban J connectivity index is 1.61. The minimum atomic E-state index is -0.781. The Bertz CT molecular complexity index is 673. The van der Waals surface area contributed by atoms with Crippen LogP contribution in [-0.4, -0.2) is 66.8 Å². The van der Waals surface area contributed by atoms with Crippen molar-refractivity contribution in [1.29, 1.82) is 0 Å². The maximum absolute atomic E-state index is 11.5. The van der Waals surface area contributed by atoms with Crippen LogP contribution in [0.4, 0.5) is 10.5 Å². The van der Waals surface area contributed by atoms with Gasteiger partial charge in [-0.3, -0.25) is 0 Å². The number of carbonyl (C=O) groups is 1. The molecule has 156 valence electrons. The third kappa shape index (κ3) is 5.01. The first-order valence-electron chi connectivity index (χ1n) is 10.3. The molecule has 1 amide bonds. The summed E-state index contributed by atoms with van der Waals surface area (Å²) in [5.41, 5.74) is 1.39. The number of anilines is 1. The van der Waals surface area contributed by atoms with Crippen molar-refractivity contribution in [2.24, 2.45) is 17.3 Å². The lowest BCUT2D eigenvalue weighted by molar-refractivity contribution is 0.0139. The summed E-state index contributed by atoms with van der Waals surface area (Å²) in [4.78, 5) is 18.1. The standard InChI is InChI=1S/C22H34BrN3O2/c1-22(2,3)19-15-26(21(27)28)12-10-20(19)24(4)13-16-9-11-25(14-16)18-7-5-17(23)6-8-18/h5-8,16,19-20H,9-15H2,1-4H3,(H,27,28)/t16-,19-,20-/m1/s1. The Hall–Kier alpha value is -1.27. The first-order chi connectivity index (χ1) is 13.1. The second-order valence-corrected chi connectivity index (χ2v) is 10.5. The predicted octanol–water partition coefficient (Wildman–Crippen LogP) is 4.62. The molecule has 0 spiro atoms. The third-order valence-electron chi connectivity index (χ3n) is 6.55. The first-order valence-corrected chi connectivity index (χ1v) is 11.1. The number of halogens is 1. The Labute approximate surface area is 177 Å². The van der Waals surface area contributed by atoms with Gasteiger partial charge in [-0.15, -0.1) is 0 Å². The number of piperidine rings is 1. The van der Waals surface area contributed by atoms with E-state index in [9.17, 15) is 9.90 Å². The van der Waals surface area contributed by atoms with Crippen LogP contribution in [0.1, 0.15) is 33.6 Å². The lowest BCUT2D eigenvalue weighted by atomic mass is 9.72. The smallest absolute Gasteiger partial charge is 0.407 e. The van der Waals surface area contributed by atoms with Crippen LogP contribution in [-0.2, 0) is 0 Å². The van der Waals surface area contributed by atoms with Crippen LogP contribution in [0.2, 0.25) is 0 Å². The lowest BCUT2D eigenvalue weighted by Crippen LogP contribution is -2.55. The number of amides is 1. The van der Waals surface area contributed by atoms with E-state index in [2.05, 4.69) is 77.8 Å². The van der Waals surface area contributed by atoms with Gasteiger partial charge in [0, 0.05) is 48.9 Å². The molecule has 2 saturated heterocycles. The van der Waals surface area contributed by atoms with E-state index in [0.717, 1.165) is 30.5 Å². The molecule has 0 aliphatic carbocycles. The molecule has 3 rings (SSSR count). The van der Waals surface area contributed by atoms with Crippen LogP contribution in [0.15, 0.2) is 28.7 Å². The van der Waals surface area contributed by atoms with Crippen molar-refractivity contribution in [2.45, 2.75) is 39.7 Å². The summed E-state index contributed by atoms with van der Waals surface area (Å²) in [6.07, 6.45) is 1.36. The molecule has 0 unspecified atom stereocenters. The number of hydrogen-bond donors (Lipinski definition) is 1. The molecule has 0 bridgehead atoms. The summed E-state index contributed by atoms with van der Waals surface area (Å²) in [7, 11) is 2.24. The number of carboxylic acid groups (broad SMARTS) is 1. The fourth-order valence-corrected chi connectivity index (χ4v) is 5.17. The van der Waals surface area contributed by atoms with Gasteiger partial charge in [0.05, 0.1) is 0 Å². The highest BCUT2D eigenvalue weighted by Crippen LogP contribution is 2.36. The fourth-order valence-electron chi connectivity index (χ4n) is 4.90. The van der Waals surface area contributed by atoms with Gasteiger partial charge in [-0.25, -0.2) is 4.79 Å². The van der Waals surface area contributed by atoms with E-state index in [1.54, 1.807) is 4.90 Å². The molecule has 2 fully saturated rings. The molecule has 3 atom stereocenters. The molecular weight excluding hydrogens is 418 g/mol. The van der Waals surface area contributed by atoms with Crippen molar-refractivity contribution >= 4 is 27.7 Å². The number of likely N-dealkylation sites (tertiary alicyclic amines) is 1. The third-order valence-corrected chi connectivity index (χ3v) is 7.08. The lowest BCUT2D eigenvalue weighted by Gasteiger charge is -2.47. The maximum atomic E-state index is 11.5. The minimum absolute atomic E-state index is 0.0895. The summed E-state index contributed by atoms with van der Waals surface area (Å²) in [5.74, 6) is 1.01. The van der Waals surface area contributed by atoms with Gasteiger partial charge in [0.25, 0.3) is 0 Å². The Morgan fingerprint density at radius 3 is 2.46 bits per heavy atom. The van der Waals surface area contributed by atoms with E-state index in [4.69, 9.17) is 0 Å². The topological polar surface area (TPSA) is 47.0 Å². The highest BCUT2D eigenvalue weighted by molar-refractivity contribution is 9.10. The van der Waals surface area contributed by atoms with Crippen molar-refractivity contribution in [1.82, 2.24) is 9.80 Å². The molecule has 0 aromatic heterocycles. The summed E-state index contributed by atoms with van der Waals surface area (Å²) in [6.45, 7) is 11.3. The molecule has 0 radical (unpaired) electrons. The van der Waals surface area contributed by atoms with Gasteiger partial charge in [-0.1, -0.05) is 36.7 Å². The number of rotatable bonds is 4. The van der Waals surface area contributed by atoms with Crippen molar-refractivity contribution in [3.63, 3.8) is 0 Å². The van der Waals surface area contributed by atoms with E-state index >= 15 is 0 Å². The molecule has 1 aromatic rings. The number of benzene rings is 1. The highest BCUT2D eigenvalue weighted by atomic mass is 79.9. The molecule has 2 aliphatic heterocycles. The minimum Gasteiger partial charge on any atom is -0.465 e. The van der Waals surface area contributed by atoms with Crippen molar-refractivity contribution in [3.05, 3.63) is 28.7 Å². The van der Waals surface area contributed by atoms with E-state index < -0.39 is 6.09 Å². The fraction of sp³-hybridized carbons (Fsp3) is 0.682. The summed E-state index contributed by atoms with van der Waals surface area (Å²) in [5, 5.41) is 9.43. The molecule has 2 aliphatic rings. The van der Waals surface area contributed by atoms with Crippen molar-refractivity contribution < 1.29 is 9.90 Å². The monoisotopic (exact) mass is 451 g/mol. The van der Waals surface area contributed by atoms with E-state index in [1.165, 1.54) is 12.1 Å². The summed E-state index contributed by atoms with van der Waals surface area (Å²) < 4.78 is 1.12. The van der Waals surface area contributed by atoms with Gasteiger partial charge >= 0.3 is 6.09 Å². The largest absolute Gasteiger partial charge is 0.465 e. The van der Waals surface area contributed by atoms with Gasteiger partial charge in [-0.2, -0.15) is 0 Å². The molecule has 28 heavy (non-hydrogen) atoms. The second kappa shape index (κ2) is 8.62. The quantitative estimate of drug-likeness (QED) is 0.724. The van der Waals surface area contributed by atoms with Crippen LogP contribution >= 0.6 is 15.9 Å². The van der Waals surface area contributed by atoms with Crippen LogP contribution in [0.3, 0.4) is 0 Å². The number of hydrogen-bond acceptors (Lipinski definition) is 3. The normalized spacial score (nSPS) is 26.1. The SMILES string of the molecule is CN(C[C@H]1CCN(c2ccc(Br)cc2)C1)[C@@H]1CCN(C(=O)O)C[C@H]1C(C)(C)C. The Morgan fingerprint density at radius 1 is 1.18 bits per heavy atom. The van der Waals surface area contributed by atoms with E-state index in [0.29, 0.717) is 31.0 Å². The van der Waals surface area contributed by atoms with E-state index in [1.807, 2.05) is 0 Å². The molecule has 1 aromatic carbocycles. The second-order valence-electron chi connectivity index (χ2n) is 9.57. The molecule has 0 saturated carbocycles. The molecular formula is C22H34BrN3O2. The van der Waals surface area contributed by atoms with Gasteiger partial charge in [-0.05, 0) is 61.4 Å². The van der Waals surface area contributed by atoms with Crippen LogP contribution in [0.25, 0.3) is 0 Å². The zero-order valence-corrected chi connectivity index (χ0v) is 19.2. The zero-order chi connectivity index (χ0) is 20.5. The van der Waals surface area contributed by atoms with E-state index in [-0.39, 0.29) is 5.41 Å². The van der Waals surface area contributed by atoms with Crippen molar-refractivity contribution in [2.75, 3.05) is 44.7 Å². The molecule has 2 heterocycles. The van der Waals surface area contributed by atoms with Crippen molar-refractivity contribution in [3.8, 4) is 0 Å². The zero-order valence-electron chi connectivity index (χ0n) is 17.6. The summed E-state index contributed by atoms with van der Waals surface area (Å²) >= 11 is 3.51. The maximum Gasteiger partial charge on any atom is 0.407 e. The van der Waals surface area contributed by atoms with Crippen LogP contribution in [0.5, 0.6) is 0 Å². The average molecular weight is 452 g/mol. The van der Waals surface area contributed by atoms with Gasteiger partial charge in [0.1, 0.15) is 0 Å². The Morgan fingerprint density at radius 2 is 1.86 bits per heavy atom. The Kier molecular flexibility index (Phi) is 6.60. The van der Waals surface area contributed by atoms with Gasteiger partial charge in [0.2, 0.25) is 0 Å². The molecule has 1 N–H and O–H groups in total.